The van der Waals surface area contributed by atoms with Crippen molar-refractivity contribution >= 4 is 23.3 Å². The smallest absolute Gasteiger partial charge is 0.319 e. The van der Waals surface area contributed by atoms with Crippen LogP contribution in [0.2, 0.25) is 0 Å². The molecule has 1 aliphatic rings. The van der Waals surface area contributed by atoms with Gasteiger partial charge in [0.05, 0.1) is 0 Å². The minimum absolute atomic E-state index is 0.0890. The monoisotopic (exact) mass is 331 g/mol. The Morgan fingerprint density at radius 1 is 1.08 bits per heavy atom. The number of nitrogens with one attached hydrogen (secondary N) is 3. The molecular weight excluding hydrogens is 302 g/mol. The molecule has 5 heteroatoms. The molecule has 1 aromatic rings. The number of unbranched alkanes of at least 4 members (excludes halogenated alkanes) is 1. The van der Waals surface area contributed by atoms with E-state index in [0.29, 0.717) is 12.5 Å². The first kappa shape index (κ1) is 18.3. The summed E-state index contributed by atoms with van der Waals surface area (Å²) in [7, 11) is 0. The van der Waals surface area contributed by atoms with Gasteiger partial charge >= 0.3 is 6.03 Å². The Hall–Kier alpha value is -2.04. The van der Waals surface area contributed by atoms with E-state index < -0.39 is 0 Å². The van der Waals surface area contributed by atoms with Gasteiger partial charge in [0, 0.05) is 23.8 Å². The van der Waals surface area contributed by atoms with Crippen molar-refractivity contribution in [2.24, 2.45) is 11.8 Å². The summed E-state index contributed by atoms with van der Waals surface area (Å²) < 4.78 is 0. The van der Waals surface area contributed by atoms with E-state index in [9.17, 15) is 9.59 Å². The third kappa shape index (κ3) is 6.22. The minimum atomic E-state index is -0.181. The lowest BCUT2D eigenvalue weighted by Crippen LogP contribution is -2.33. The van der Waals surface area contributed by atoms with E-state index in [4.69, 9.17) is 0 Å². The van der Waals surface area contributed by atoms with Crippen LogP contribution < -0.4 is 16.0 Å². The van der Waals surface area contributed by atoms with Crippen molar-refractivity contribution in [1.29, 1.82) is 0 Å². The number of carbonyl (C=O) groups is 2. The quantitative estimate of drug-likeness (QED) is 0.628. The molecule has 132 valence electrons. The van der Waals surface area contributed by atoms with Crippen LogP contribution in [0.4, 0.5) is 16.2 Å². The lowest BCUT2D eigenvalue weighted by atomic mass is 9.99. The molecule has 1 aliphatic carbocycles. The molecule has 3 N–H and O–H groups in total. The highest BCUT2D eigenvalue weighted by atomic mass is 16.2. The van der Waals surface area contributed by atoms with Gasteiger partial charge < -0.3 is 16.0 Å². The molecule has 0 spiro atoms. The van der Waals surface area contributed by atoms with Gasteiger partial charge in [-0.05, 0) is 49.4 Å². The van der Waals surface area contributed by atoms with E-state index in [1.807, 2.05) is 12.1 Å². The SMILES string of the molecule is CCCCC(CC)CNC(=O)Nc1ccc(NC(=O)C2CC2)cc1. The molecule has 2 rings (SSSR count). The van der Waals surface area contributed by atoms with Crippen LogP contribution in [0.15, 0.2) is 24.3 Å². The van der Waals surface area contributed by atoms with Crippen LogP contribution >= 0.6 is 0 Å². The summed E-state index contributed by atoms with van der Waals surface area (Å²) in [4.78, 5) is 23.7. The number of hydrogen-bond acceptors (Lipinski definition) is 2. The van der Waals surface area contributed by atoms with Gasteiger partial charge in [0.1, 0.15) is 0 Å². The predicted octanol–water partition coefficient (Wildman–Crippen LogP) is 4.37. The molecule has 24 heavy (non-hydrogen) atoms. The first-order valence-corrected chi connectivity index (χ1v) is 9.08. The molecule has 1 aromatic carbocycles. The first-order chi connectivity index (χ1) is 11.6. The Bertz CT molecular complexity index is 538. The second kappa shape index (κ2) is 9.30. The normalized spacial score (nSPS) is 14.8. The fourth-order valence-corrected chi connectivity index (χ4v) is 2.58. The summed E-state index contributed by atoms with van der Waals surface area (Å²) in [6.45, 7) is 5.05. The van der Waals surface area contributed by atoms with Crippen molar-refractivity contribution < 1.29 is 9.59 Å². The first-order valence-electron chi connectivity index (χ1n) is 9.08. The van der Waals surface area contributed by atoms with Gasteiger partial charge in [0.25, 0.3) is 0 Å². The average Bonchev–Trinajstić information content (AvgIpc) is 3.42. The molecule has 5 nitrogen and oxygen atoms in total. The molecule has 3 amide bonds. The Morgan fingerprint density at radius 3 is 2.25 bits per heavy atom. The molecule has 1 atom stereocenters. The second-order valence-corrected chi connectivity index (χ2v) is 6.59. The summed E-state index contributed by atoms with van der Waals surface area (Å²) in [6.07, 6.45) is 6.60. The highest BCUT2D eigenvalue weighted by Gasteiger charge is 2.29. The summed E-state index contributed by atoms with van der Waals surface area (Å²) in [6, 6.07) is 7.05. The van der Waals surface area contributed by atoms with Gasteiger partial charge in [-0.25, -0.2) is 4.79 Å². The molecule has 0 radical (unpaired) electrons. The van der Waals surface area contributed by atoms with E-state index in [-0.39, 0.29) is 17.9 Å². The highest BCUT2D eigenvalue weighted by molar-refractivity contribution is 5.94. The van der Waals surface area contributed by atoms with E-state index in [0.717, 1.165) is 37.1 Å². The molecule has 1 fully saturated rings. The Labute approximate surface area is 144 Å². The number of benzene rings is 1. The van der Waals surface area contributed by atoms with E-state index in [2.05, 4.69) is 29.8 Å². The number of amides is 3. The summed E-state index contributed by atoms with van der Waals surface area (Å²) in [5.41, 5.74) is 1.49. The van der Waals surface area contributed by atoms with Gasteiger partial charge in [-0.3, -0.25) is 4.79 Å². The van der Waals surface area contributed by atoms with Gasteiger partial charge in [-0.2, -0.15) is 0 Å². The van der Waals surface area contributed by atoms with Gasteiger partial charge in [0.2, 0.25) is 5.91 Å². The van der Waals surface area contributed by atoms with Crippen LogP contribution in [-0.2, 0) is 4.79 Å². The zero-order valence-electron chi connectivity index (χ0n) is 14.7. The van der Waals surface area contributed by atoms with Crippen LogP contribution in [0, 0.1) is 11.8 Å². The average molecular weight is 331 g/mol. The number of carbonyl (C=O) groups excluding carboxylic acids is 2. The molecule has 0 saturated heterocycles. The highest BCUT2D eigenvalue weighted by Crippen LogP contribution is 2.30. The van der Waals surface area contributed by atoms with E-state index in [1.54, 1.807) is 12.1 Å². The summed E-state index contributed by atoms with van der Waals surface area (Å²) >= 11 is 0. The zero-order valence-corrected chi connectivity index (χ0v) is 14.7. The van der Waals surface area contributed by atoms with Crippen molar-refractivity contribution in [2.75, 3.05) is 17.2 Å². The largest absolute Gasteiger partial charge is 0.338 e. The van der Waals surface area contributed by atoms with Gasteiger partial charge in [0.15, 0.2) is 0 Å². The van der Waals surface area contributed by atoms with Crippen molar-refractivity contribution in [3.63, 3.8) is 0 Å². The van der Waals surface area contributed by atoms with Crippen molar-refractivity contribution in [3.8, 4) is 0 Å². The standard InChI is InChI=1S/C19H29N3O2/c1-3-5-6-14(4-2)13-20-19(24)22-17-11-9-16(10-12-17)21-18(23)15-7-8-15/h9-12,14-15H,3-8,13H2,1-2H3,(H,21,23)(H2,20,22,24). The van der Waals surface area contributed by atoms with Crippen LogP contribution in [0.25, 0.3) is 0 Å². The number of urea groups is 1. The fraction of sp³-hybridized carbons (Fsp3) is 0.579. The van der Waals surface area contributed by atoms with Crippen LogP contribution in [0.5, 0.6) is 0 Å². The molecule has 1 saturated carbocycles. The lowest BCUT2D eigenvalue weighted by molar-refractivity contribution is -0.117. The van der Waals surface area contributed by atoms with Crippen molar-refractivity contribution in [1.82, 2.24) is 5.32 Å². The topological polar surface area (TPSA) is 70.2 Å². The lowest BCUT2D eigenvalue weighted by Gasteiger charge is -2.15. The minimum Gasteiger partial charge on any atom is -0.338 e. The van der Waals surface area contributed by atoms with Gasteiger partial charge in [-0.15, -0.1) is 0 Å². The zero-order chi connectivity index (χ0) is 17.4. The third-order valence-electron chi connectivity index (χ3n) is 4.45. The number of hydrogen-bond donors (Lipinski definition) is 3. The van der Waals surface area contributed by atoms with Crippen LogP contribution in [-0.4, -0.2) is 18.5 Å². The maximum Gasteiger partial charge on any atom is 0.319 e. The van der Waals surface area contributed by atoms with E-state index >= 15 is 0 Å². The molecule has 0 aromatic heterocycles. The van der Waals surface area contributed by atoms with Gasteiger partial charge in [-0.1, -0.05) is 33.1 Å². The van der Waals surface area contributed by atoms with Crippen molar-refractivity contribution in [3.05, 3.63) is 24.3 Å². The third-order valence-corrected chi connectivity index (χ3v) is 4.45. The van der Waals surface area contributed by atoms with Crippen LogP contribution in [0.3, 0.4) is 0 Å². The number of rotatable bonds is 9. The Balaban J connectivity index is 1.73. The molecular formula is C19H29N3O2. The van der Waals surface area contributed by atoms with Crippen LogP contribution in [0.1, 0.15) is 52.4 Å². The number of anilines is 2. The molecule has 0 heterocycles. The Morgan fingerprint density at radius 2 is 1.71 bits per heavy atom. The predicted molar refractivity (Wildman–Crippen MR) is 98.1 cm³/mol. The summed E-state index contributed by atoms with van der Waals surface area (Å²) in [5, 5.41) is 8.66. The fourth-order valence-electron chi connectivity index (χ4n) is 2.58. The van der Waals surface area contributed by atoms with E-state index in [1.165, 1.54) is 12.8 Å². The molecule has 0 bridgehead atoms. The maximum absolute atomic E-state index is 12.0. The Kier molecular flexibility index (Phi) is 7.09. The molecule has 0 aliphatic heterocycles. The summed E-state index contributed by atoms with van der Waals surface area (Å²) in [5.74, 6) is 0.814. The molecule has 1 unspecified atom stereocenters. The van der Waals surface area contributed by atoms with Crippen molar-refractivity contribution in [2.45, 2.75) is 52.4 Å². The second-order valence-electron chi connectivity index (χ2n) is 6.59. The maximum atomic E-state index is 12.0.